The lowest BCUT2D eigenvalue weighted by Gasteiger charge is -2.25. The Morgan fingerprint density at radius 2 is 2.27 bits per heavy atom. The minimum atomic E-state index is -0.288. The average Bonchev–Trinajstić information content (AvgIpc) is 2.51. The number of hydrogen-bond acceptors (Lipinski definition) is 5. The second-order valence-corrected chi connectivity index (χ2v) is 6.21. The number of nitrogens with zero attached hydrogens (tertiary/aromatic N) is 2. The van der Waals surface area contributed by atoms with E-state index in [0.717, 1.165) is 25.9 Å². The lowest BCUT2D eigenvalue weighted by Crippen LogP contribution is -2.37. The van der Waals surface area contributed by atoms with Gasteiger partial charge in [-0.3, -0.25) is 4.79 Å². The molecule has 2 heterocycles. The summed E-state index contributed by atoms with van der Waals surface area (Å²) in [5, 5.41) is 13.4. The molecule has 22 heavy (non-hydrogen) atoms. The lowest BCUT2D eigenvalue weighted by atomic mass is 10.1. The Bertz CT molecular complexity index is 733. The van der Waals surface area contributed by atoms with Gasteiger partial charge in [-0.1, -0.05) is 6.07 Å². The summed E-state index contributed by atoms with van der Waals surface area (Å²) in [7, 11) is 0. The van der Waals surface area contributed by atoms with Crippen LogP contribution in [0.15, 0.2) is 33.7 Å². The number of benzene rings is 1. The molecular formula is C15H17BrN4O2. The molecule has 0 spiro atoms. The van der Waals surface area contributed by atoms with E-state index in [1.165, 1.54) is 0 Å². The standard InChI is InChI=1S/C15H17BrN4O2/c16-10-4-1-5-12(21)13(10)11-8-20(15(22)14(17)19-11)9-3-2-6-18-7-9/h1,4-5,8-9,18,21H,2-3,6-7H2,(H2,17,19). The number of aromatic hydroxyl groups is 1. The molecule has 1 aromatic heterocycles. The van der Waals surface area contributed by atoms with Crippen molar-refractivity contribution in [2.75, 3.05) is 18.8 Å². The summed E-state index contributed by atoms with van der Waals surface area (Å²) in [5.74, 6) is 0.0338. The lowest BCUT2D eigenvalue weighted by molar-refractivity contribution is 0.364. The van der Waals surface area contributed by atoms with E-state index in [-0.39, 0.29) is 23.2 Å². The fraction of sp³-hybridized carbons (Fsp3) is 0.333. The molecule has 1 aromatic carbocycles. The fourth-order valence-corrected chi connectivity index (χ4v) is 3.32. The van der Waals surface area contributed by atoms with E-state index in [0.29, 0.717) is 15.7 Å². The molecule has 0 saturated carbocycles. The first-order valence-electron chi connectivity index (χ1n) is 7.15. The van der Waals surface area contributed by atoms with Crippen LogP contribution in [0, 0.1) is 0 Å². The van der Waals surface area contributed by atoms with Crippen molar-refractivity contribution in [2.24, 2.45) is 0 Å². The van der Waals surface area contributed by atoms with Crippen LogP contribution < -0.4 is 16.6 Å². The highest BCUT2D eigenvalue weighted by molar-refractivity contribution is 9.10. The van der Waals surface area contributed by atoms with Crippen molar-refractivity contribution in [1.82, 2.24) is 14.9 Å². The van der Waals surface area contributed by atoms with Gasteiger partial charge in [0.15, 0.2) is 5.82 Å². The molecular weight excluding hydrogens is 348 g/mol. The predicted molar refractivity (Wildman–Crippen MR) is 88.9 cm³/mol. The molecule has 0 amide bonds. The molecule has 1 unspecified atom stereocenters. The number of nitrogens with one attached hydrogen (secondary N) is 1. The molecule has 0 radical (unpaired) electrons. The molecule has 0 aliphatic carbocycles. The SMILES string of the molecule is Nc1nc(-c2c(O)cccc2Br)cn(C2CCCNC2)c1=O. The number of piperidine rings is 1. The molecule has 7 heteroatoms. The third-order valence-corrected chi connectivity index (χ3v) is 4.53. The number of rotatable bonds is 2. The first kappa shape index (κ1) is 15.1. The Hall–Kier alpha value is -1.86. The molecule has 4 N–H and O–H groups in total. The van der Waals surface area contributed by atoms with Crippen molar-refractivity contribution < 1.29 is 5.11 Å². The van der Waals surface area contributed by atoms with Gasteiger partial charge >= 0.3 is 0 Å². The molecule has 1 saturated heterocycles. The Morgan fingerprint density at radius 3 is 2.95 bits per heavy atom. The molecule has 6 nitrogen and oxygen atoms in total. The number of aromatic nitrogens is 2. The smallest absolute Gasteiger partial charge is 0.293 e. The van der Waals surface area contributed by atoms with Gasteiger partial charge in [0.2, 0.25) is 0 Å². The maximum Gasteiger partial charge on any atom is 0.293 e. The van der Waals surface area contributed by atoms with Crippen LogP contribution in [-0.2, 0) is 0 Å². The van der Waals surface area contributed by atoms with E-state index in [1.807, 2.05) is 6.07 Å². The Kier molecular flexibility index (Phi) is 4.17. The highest BCUT2D eigenvalue weighted by Crippen LogP contribution is 2.35. The van der Waals surface area contributed by atoms with Crippen molar-refractivity contribution in [3.63, 3.8) is 0 Å². The Balaban J connectivity index is 2.14. The molecule has 2 aromatic rings. The summed E-state index contributed by atoms with van der Waals surface area (Å²) in [5.41, 5.74) is 6.53. The monoisotopic (exact) mass is 364 g/mol. The van der Waals surface area contributed by atoms with Gasteiger partial charge in [0.1, 0.15) is 5.75 Å². The maximum atomic E-state index is 12.3. The number of anilines is 1. The molecule has 116 valence electrons. The largest absolute Gasteiger partial charge is 0.507 e. The van der Waals surface area contributed by atoms with Gasteiger partial charge in [-0.25, -0.2) is 4.98 Å². The highest BCUT2D eigenvalue weighted by Gasteiger charge is 2.20. The second kappa shape index (κ2) is 6.10. The fourth-order valence-electron chi connectivity index (χ4n) is 2.76. The minimum Gasteiger partial charge on any atom is -0.507 e. The topological polar surface area (TPSA) is 93.2 Å². The van der Waals surface area contributed by atoms with Crippen molar-refractivity contribution in [1.29, 1.82) is 0 Å². The van der Waals surface area contributed by atoms with Gasteiger partial charge in [-0.15, -0.1) is 0 Å². The predicted octanol–water partition coefficient (Wildman–Crippen LogP) is 1.89. The zero-order chi connectivity index (χ0) is 15.7. The summed E-state index contributed by atoms with van der Waals surface area (Å²) in [6.07, 6.45) is 3.60. The molecule has 0 bridgehead atoms. The van der Waals surface area contributed by atoms with Crippen LogP contribution in [0.1, 0.15) is 18.9 Å². The van der Waals surface area contributed by atoms with Gasteiger partial charge < -0.3 is 20.7 Å². The van der Waals surface area contributed by atoms with E-state index in [2.05, 4.69) is 26.2 Å². The zero-order valence-electron chi connectivity index (χ0n) is 11.9. The summed E-state index contributed by atoms with van der Waals surface area (Å²) in [4.78, 5) is 16.4. The van der Waals surface area contributed by atoms with E-state index >= 15 is 0 Å². The second-order valence-electron chi connectivity index (χ2n) is 5.36. The molecule has 1 aliphatic heterocycles. The van der Waals surface area contributed by atoms with Gasteiger partial charge in [-0.05, 0) is 47.4 Å². The van der Waals surface area contributed by atoms with Crippen LogP contribution in [0.2, 0.25) is 0 Å². The number of nitrogens with two attached hydrogens (primary N) is 1. The van der Waals surface area contributed by atoms with Gasteiger partial charge in [0.25, 0.3) is 5.56 Å². The van der Waals surface area contributed by atoms with E-state index in [9.17, 15) is 9.90 Å². The molecule has 1 atom stereocenters. The first-order chi connectivity index (χ1) is 10.6. The van der Waals surface area contributed by atoms with E-state index in [4.69, 9.17) is 5.73 Å². The van der Waals surface area contributed by atoms with Crippen LogP contribution in [0.5, 0.6) is 5.75 Å². The van der Waals surface area contributed by atoms with Crippen molar-refractivity contribution >= 4 is 21.7 Å². The van der Waals surface area contributed by atoms with Gasteiger partial charge in [0.05, 0.1) is 11.3 Å². The van der Waals surface area contributed by atoms with Crippen molar-refractivity contribution in [2.45, 2.75) is 18.9 Å². The highest BCUT2D eigenvalue weighted by atomic mass is 79.9. The normalized spacial score (nSPS) is 18.3. The van der Waals surface area contributed by atoms with Gasteiger partial charge in [0, 0.05) is 23.3 Å². The average molecular weight is 365 g/mol. The van der Waals surface area contributed by atoms with E-state index < -0.39 is 0 Å². The molecule has 1 fully saturated rings. The van der Waals surface area contributed by atoms with Crippen LogP contribution >= 0.6 is 15.9 Å². The maximum absolute atomic E-state index is 12.3. The third-order valence-electron chi connectivity index (χ3n) is 3.87. The van der Waals surface area contributed by atoms with Crippen LogP contribution in [0.4, 0.5) is 5.82 Å². The number of hydrogen-bond donors (Lipinski definition) is 3. The quantitative estimate of drug-likeness (QED) is 0.756. The zero-order valence-corrected chi connectivity index (χ0v) is 13.5. The Labute approximate surface area is 136 Å². The number of nitrogen functional groups attached to an aromatic ring is 1. The van der Waals surface area contributed by atoms with Crippen LogP contribution in [-0.4, -0.2) is 27.7 Å². The summed E-state index contributed by atoms with van der Waals surface area (Å²) < 4.78 is 2.33. The van der Waals surface area contributed by atoms with E-state index in [1.54, 1.807) is 22.9 Å². The summed E-state index contributed by atoms with van der Waals surface area (Å²) in [6, 6.07) is 5.17. The molecule has 3 rings (SSSR count). The molecule has 1 aliphatic rings. The third kappa shape index (κ3) is 2.74. The first-order valence-corrected chi connectivity index (χ1v) is 7.94. The van der Waals surface area contributed by atoms with Crippen LogP contribution in [0.3, 0.4) is 0 Å². The summed E-state index contributed by atoms with van der Waals surface area (Å²) in [6.45, 7) is 1.69. The van der Waals surface area contributed by atoms with Gasteiger partial charge in [-0.2, -0.15) is 0 Å². The Morgan fingerprint density at radius 1 is 1.45 bits per heavy atom. The number of phenolic OH excluding ortho intramolecular Hbond substituents is 1. The minimum absolute atomic E-state index is 0.0509. The summed E-state index contributed by atoms with van der Waals surface area (Å²) >= 11 is 3.41. The van der Waals surface area contributed by atoms with Crippen molar-refractivity contribution in [3.8, 4) is 17.0 Å². The number of phenols is 1. The van der Waals surface area contributed by atoms with Crippen LogP contribution in [0.25, 0.3) is 11.3 Å². The van der Waals surface area contributed by atoms with Crippen molar-refractivity contribution in [3.05, 3.63) is 39.2 Å². The number of halogens is 1.